The molecular weight excluding hydrogens is 359 g/mol. The van der Waals surface area contributed by atoms with Crippen molar-refractivity contribution in [3.8, 4) is 0 Å². The van der Waals surface area contributed by atoms with Crippen LogP contribution >= 0.6 is 11.8 Å². The highest BCUT2D eigenvalue weighted by molar-refractivity contribution is 8.00. The van der Waals surface area contributed by atoms with Crippen molar-refractivity contribution in [2.45, 2.75) is 30.4 Å². The summed E-state index contributed by atoms with van der Waals surface area (Å²) in [6.45, 7) is 2.91. The zero-order valence-corrected chi connectivity index (χ0v) is 14.0. The molecule has 0 fully saturated rings. The van der Waals surface area contributed by atoms with Crippen LogP contribution < -0.4 is 11.2 Å². The summed E-state index contributed by atoms with van der Waals surface area (Å²) in [5.74, 6) is 3.41. The number of benzene rings is 1. The van der Waals surface area contributed by atoms with E-state index < -0.39 is 23.2 Å². The summed E-state index contributed by atoms with van der Waals surface area (Å²) < 4.78 is 38.2. The lowest BCUT2D eigenvalue weighted by Crippen LogP contribution is -2.25. The maximum Gasteiger partial charge on any atom is 0.453 e. The van der Waals surface area contributed by atoms with Gasteiger partial charge in [0.15, 0.2) is 5.78 Å². The van der Waals surface area contributed by atoms with E-state index in [1.165, 1.54) is 13.8 Å². The van der Waals surface area contributed by atoms with Crippen LogP contribution in [0.4, 0.5) is 18.9 Å². The molecule has 0 spiro atoms. The molecule has 1 atom stereocenters. The van der Waals surface area contributed by atoms with Crippen molar-refractivity contribution in [3.05, 3.63) is 35.7 Å². The number of aromatic nitrogens is 3. The number of rotatable bonds is 5. The van der Waals surface area contributed by atoms with E-state index in [9.17, 15) is 22.8 Å². The lowest BCUT2D eigenvalue weighted by atomic mass is 10.1. The molecule has 2 rings (SSSR count). The predicted molar refractivity (Wildman–Crippen MR) is 85.6 cm³/mol. The van der Waals surface area contributed by atoms with E-state index >= 15 is 0 Å². The maximum absolute atomic E-state index is 12.6. The number of carbonyl (C=O) groups is 2. The monoisotopic (exact) mass is 373 g/mol. The summed E-state index contributed by atoms with van der Waals surface area (Å²) in [4.78, 5) is 23.3. The Bertz CT molecular complexity index is 789. The first-order chi connectivity index (χ1) is 11.6. The highest BCUT2D eigenvalue weighted by atomic mass is 32.2. The fourth-order valence-corrected chi connectivity index (χ4v) is 2.56. The van der Waals surface area contributed by atoms with Crippen LogP contribution in [0.3, 0.4) is 0 Å². The molecule has 0 aliphatic carbocycles. The number of alkyl halides is 3. The minimum Gasteiger partial charge on any atom is -0.335 e. The SMILES string of the molecule is CC(=O)c1ccc(NC(=O)[C@@H](C)Sc2nnc(C(F)(F)F)n2N)cc1. The molecule has 2 aromatic rings. The van der Waals surface area contributed by atoms with Crippen LogP contribution in [0.25, 0.3) is 0 Å². The second-order valence-corrected chi connectivity index (χ2v) is 6.36. The van der Waals surface area contributed by atoms with E-state index in [1.807, 2.05) is 0 Å². The second kappa shape index (κ2) is 7.13. The molecule has 0 saturated heterocycles. The molecule has 0 aliphatic rings. The fraction of sp³-hybridized carbons (Fsp3) is 0.286. The molecule has 0 saturated carbocycles. The van der Waals surface area contributed by atoms with Gasteiger partial charge in [-0.3, -0.25) is 9.59 Å². The Balaban J connectivity index is 2.03. The zero-order valence-electron chi connectivity index (χ0n) is 13.2. The Morgan fingerprint density at radius 1 is 1.24 bits per heavy atom. The molecule has 1 heterocycles. The second-order valence-electron chi connectivity index (χ2n) is 5.06. The Labute approximate surface area is 144 Å². The van der Waals surface area contributed by atoms with Crippen LogP contribution in [0, 0.1) is 0 Å². The van der Waals surface area contributed by atoms with Gasteiger partial charge in [0.25, 0.3) is 5.82 Å². The third-order valence-electron chi connectivity index (χ3n) is 3.13. The van der Waals surface area contributed by atoms with E-state index in [2.05, 4.69) is 15.5 Å². The Hall–Kier alpha value is -2.56. The van der Waals surface area contributed by atoms with E-state index in [1.54, 1.807) is 24.3 Å². The molecule has 3 N–H and O–H groups in total. The number of ketones is 1. The molecule has 1 aromatic carbocycles. The minimum absolute atomic E-state index is 0.107. The summed E-state index contributed by atoms with van der Waals surface area (Å²) in [5.41, 5.74) is 0.948. The van der Waals surface area contributed by atoms with Gasteiger partial charge in [0.2, 0.25) is 11.1 Å². The molecule has 1 amide bonds. The number of nitrogens with zero attached hydrogens (tertiary/aromatic N) is 3. The standard InChI is InChI=1S/C14H14F3N5O2S/c1-7(23)9-3-5-10(6-4-9)19-11(24)8(2)25-13-21-20-12(22(13)18)14(15,16)17/h3-6,8H,18H2,1-2H3,(H,19,24)/t8-/m1/s1. The average Bonchev–Trinajstić information content (AvgIpc) is 2.88. The number of hydrogen-bond acceptors (Lipinski definition) is 6. The fourth-order valence-electron chi connectivity index (χ4n) is 1.79. The largest absolute Gasteiger partial charge is 0.453 e. The summed E-state index contributed by atoms with van der Waals surface area (Å²) in [6, 6.07) is 6.22. The zero-order chi connectivity index (χ0) is 18.8. The molecule has 25 heavy (non-hydrogen) atoms. The summed E-state index contributed by atoms with van der Waals surface area (Å²) >= 11 is 0.741. The number of carbonyl (C=O) groups excluding carboxylic acids is 2. The smallest absolute Gasteiger partial charge is 0.335 e. The number of anilines is 1. The first-order valence-corrected chi connectivity index (χ1v) is 7.83. The molecule has 11 heteroatoms. The molecule has 0 radical (unpaired) electrons. The minimum atomic E-state index is -4.73. The van der Waals surface area contributed by atoms with Gasteiger partial charge in [-0.2, -0.15) is 13.2 Å². The molecule has 7 nitrogen and oxygen atoms in total. The van der Waals surface area contributed by atoms with Crippen LogP contribution in [0.1, 0.15) is 30.0 Å². The van der Waals surface area contributed by atoms with Crippen LogP contribution in [-0.2, 0) is 11.0 Å². The number of nitrogens with one attached hydrogen (secondary N) is 1. The van der Waals surface area contributed by atoms with Gasteiger partial charge < -0.3 is 11.2 Å². The Morgan fingerprint density at radius 2 is 1.84 bits per heavy atom. The van der Waals surface area contributed by atoms with Gasteiger partial charge in [0, 0.05) is 11.3 Å². The maximum atomic E-state index is 12.6. The van der Waals surface area contributed by atoms with Gasteiger partial charge in [0.1, 0.15) is 0 Å². The van der Waals surface area contributed by atoms with Gasteiger partial charge in [-0.1, -0.05) is 11.8 Å². The first kappa shape index (κ1) is 18.8. The first-order valence-electron chi connectivity index (χ1n) is 6.96. The van der Waals surface area contributed by atoms with Gasteiger partial charge in [-0.15, -0.1) is 10.2 Å². The lowest BCUT2D eigenvalue weighted by Gasteiger charge is -2.12. The van der Waals surface area contributed by atoms with Crippen LogP contribution in [0.5, 0.6) is 0 Å². The Morgan fingerprint density at radius 3 is 2.32 bits per heavy atom. The highest BCUT2D eigenvalue weighted by Crippen LogP contribution is 2.30. The van der Waals surface area contributed by atoms with Gasteiger partial charge in [0.05, 0.1) is 5.25 Å². The summed E-state index contributed by atoms with van der Waals surface area (Å²) in [6.07, 6.45) is -4.73. The molecule has 1 aromatic heterocycles. The van der Waals surface area contributed by atoms with Gasteiger partial charge >= 0.3 is 6.18 Å². The van der Waals surface area contributed by atoms with Crippen LogP contribution in [0.2, 0.25) is 0 Å². The third-order valence-corrected chi connectivity index (χ3v) is 4.19. The summed E-state index contributed by atoms with van der Waals surface area (Å²) in [7, 11) is 0. The highest BCUT2D eigenvalue weighted by Gasteiger charge is 2.38. The molecule has 134 valence electrons. The third kappa shape index (κ3) is 4.50. The van der Waals surface area contributed by atoms with E-state index in [0.29, 0.717) is 15.9 Å². The number of thioether (sulfide) groups is 1. The van der Waals surface area contributed by atoms with E-state index in [4.69, 9.17) is 5.84 Å². The number of nitrogens with two attached hydrogens (primary N) is 1. The summed E-state index contributed by atoms with van der Waals surface area (Å²) in [5, 5.41) is 7.93. The quantitative estimate of drug-likeness (QED) is 0.474. The molecule has 0 unspecified atom stereocenters. The lowest BCUT2D eigenvalue weighted by molar-refractivity contribution is -0.146. The number of Topliss-reactive ketones (excluding diaryl/α,β-unsaturated/α-hetero) is 1. The molecule has 0 aliphatic heterocycles. The predicted octanol–water partition coefficient (Wildman–Crippen LogP) is 2.33. The van der Waals surface area contributed by atoms with Gasteiger partial charge in [-0.05, 0) is 38.1 Å². The number of hydrogen-bond donors (Lipinski definition) is 2. The van der Waals surface area contributed by atoms with Crippen molar-refractivity contribution >= 4 is 29.1 Å². The van der Waals surface area contributed by atoms with E-state index in [-0.39, 0.29) is 10.9 Å². The number of halogens is 3. The molecular formula is C14H14F3N5O2S. The average molecular weight is 373 g/mol. The Kier molecular flexibility index (Phi) is 5.36. The van der Waals surface area contributed by atoms with Crippen molar-refractivity contribution in [2.75, 3.05) is 11.2 Å². The topological polar surface area (TPSA) is 103 Å². The van der Waals surface area contributed by atoms with Crippen molar-refractivity contribution in [3.63, 3.8) is 0 Å². The number of amides is 1. The number of nitrogen functional groups attached to an aromatic ring is 1. The van der Waals surface area contributed by atoms with Crippen molar-refractivity contribution < 1.29 is 22.8 Å². The normalized spacial score (nSPS) is 12.7. The van der Waals surface area contributed by atoms with E-state index in [0.717, 1.165) is 11.8 Å². The van der Waals surface area contributed by atoms with Gasteiger partial charge in [-0.25, -0.2) is 4.68 Å². The van der Waals surface area contributed by atoms with Crippen molar-refractivity contribution in [1.82, 2.24) is 14.9 Å². The van der Waals surface area contributed by atoms with Crippen LogP contribution in [-0.4, -0.2) is 31.8 Å². The van der Waals surface area contributed by atoms with Crippen molar-refractivity contribution in [2.24, 2.45) is 0 Å². The van der Waals surface area contributed by atoms with Crippen molar-refractivity contribution in [1.29, 1.82) is 0 Å². The molecule has 0 bridgehead atoms. The van der Waals surface area contributed by atoms with Crippen LogP contribution in [0.15, 0.2) is 29.4 Å².